The third-order valence-electron chi connectivity index (χ3n) is 3.21. The fourth-order valence-electron chi connectivity index (χ4n) is 2.00. The lowest BCUT2D eigenvalue weighted by atomic mass is 10.1. The maximum Gasteiger partial charge on any atom is 0.145 e. The number of aliphatic hydroxyl groups is 1. The van der Waals surface area contributed by atoms with Crippen LogP contribution >= 0.6 is 38.9 Å². The van der Waals surface area contributed by atoms with Gasteiger partial charge in [0.1, 0.15) is 27.6 Å². The number of nitrogens with zero attached hydrogens (tertiary/aromatic N) is 3. The summed E-state index contributed by atoms with van der Waals surface area (Å²) in [6.07, 6.45) is 1.41. The molecule has 2 heterocycles. The van der Waals surface area contributed by atoms with E-state index in [1.165, 1.54) is 17.5 Å². The second-order valence-electron chi connectivity index (χ2n) is 4.75. The molecule has 2 aromatic heterocycles. The van der Waals surface area contributed by atoms with Gasteiger partial charge in [-0.1, -0.05) is 39.7 Å². The number of aromatic nitrogens is 2. The van der Waals surface area contributed by atoms with E-state index < -0.39 is 0 Å². The van der Waals surface area contributed by atoms with Gasteiger partial charge >= 0.3 is 0 Å². The zero-order valence-electron chi connectivity index (χ0n) is 12.1. The topological polar surface area (TPSA) is 69.8 Å². The van der Waals surface area contributed by atoms with E-state index in [0.717, 1.165) is 15.7 Å². The Morgan fingerprint density at radius 1 is 1.21 bits per heavy atom. The Balaban J connectivity index is 2.00. The largest absolute Gasteiger partial charge is 0.506 e. The number of aliphatic hydroxyl groups excluding tert-OH is 1. The van der Waals surface area contributed by atoms with Crippen LogP contribution in [0.2, 0.25) is 5.15 Å². The SMILES string of the molecule is N#CC(=C(O)c1ccc(Cl)nc1)c1nc(-c2ccc(Br)cc2)cs1. The van der Waals surface area contributed by atoms with E-state index in [0.29, 0.717) is 15.7 Å². The minimum absolute atomic E-state index is 0.104. The van der Waals surface area contributed by atoms with E-state index in [4.69, 9.17) is 11.6 Å². The monoisotopic (exact) mass is 417 g/mol. The summed E-state index contributed by atoms with van der Waals surface area (Å²) in [5.41, 5.74) is 2.20. The molecular weight excluding hydrogens is 410 g/mol. The Morgan fingerprint density at radius 2 is 1.96 bits per heavy atom. The van der Waals surface area contributed by atoms with Crippen LogP contribution in [0.4, 0.5) is 0 Å². The lowest BCUT2D eigenvalue weighted by Crippen LogP contribution is -1.91. The Kier molecular flexibility index (Phi) is 4.95. The zero-order chi connectivity index (χ0) is 17.1. The summed E-state index contributed by atoms with van der Waals surface area (Å²) >= 11 is 10.4. The van der Waals surface area contributed by atoms with Crippen molar-refractivity contribution in [1.29, 1.82) is 5.26 Å². The summed E-state index contributed by atoms with van der Waals surface area (Å²) in [6.45, 7) is 0. The summed E-state index contributed by atoms with van der Waals surface area (Å²) in [6, 6.07) is 12.9. The minimum Gasteiger partial charge on any atom is -0.506 e. The first-order valence-corrected chi connectivity index (χ1v) is 8.80. The summed E-state index contributed by atoms with van der Waals surface area (Å²) in [5.74, 6) is -0.168. The molecule has 0 radical (unpaired) electrons. The second-order valence-corrected chi connectivity index (χ2v) is 6.91. The van der Waals surface area contributed by atoms with Gasteiger partial charge in [-0.25, -0.2) is 9.97 Å². The van der Waals surface area contributed by atoms with Gasteiger partial charge in [0.2, 0.25) is 0 Å². The third-order valence-corrected chi connectivity index (χ3v) is 4.82. The van der Waals surface area contributed by atoms with E-state index in [-0.39, 0.29) is 11.3 Å². The lowest BCUT2D eigenvalue weighted by molar-refractivity contribution is 0.513. The maximum absolute atomic E-state index is 10.4. The van der Waals surface area contributed by atoms with Crippen molar-refractivity contribution in [2.45, 2.75) is 0 Å². The molecule has 3 rings (SSSR count). The molecule has 0 fully saturated rings. The Bertz CT molecular complexity index is 943. The number of nitriles is 1. The van der Waals surface area contributed by atoms with Gasteiger partial charge in [-0.2, -0.15) is 5.26 Å². The molecule has 3 aromatic rings. The lowest BCUT2D eigenvalue weighted by Gasteiger charge is -2.02. The van der Waals surface area contributed by atoms with Gasteiger partial charge in [0, 0.05) is 27.2 Å². The van der Waals surface area contributed by atoms with Crippen LogP contribution < -0.4 is 0 Å². The number of pyridine rings is 1. The molecule has 0 saturated carbocycles. The molecule has 0 bridgehead atoms. The highest BCUT2D eigenvalue weighted by Gasteiger charge is 2.15. The van der Waals surface area contributed by atoms with Crippen LogP contribution in [0.15, 0.2) is 52.4 Å². The zero-order valence-corrected chi connectivity index (χ0v) is 15.2. The molecule has 24 heavy (non-hydrogen) atoms. The summed E-state index contributed by atoms with van der Waals surface area (Å²) in [7, 11) is 0. The van der Waals surface area contributed by atoms with Crippen molar-refractivity contribution in [3.8, 4) is 17.3 Å². The van der Waals surface area contributed by atoms with Gasteiger partial charge in [0.25, 0.3) is 0 Å². The maximum atomic E-state index is 10.4. The first-order valence-electron chi connectivity index (χ1n) is 6.75. The highest BCUT2D eigenvalue weighted by molar-refractivity contribution is 9.10. The van der Waals surface area contributed by atoms with Gasteiger partial charge in [0.05, 0.1) is 5.69 Å². The molecule has 0 amide bonds. The van der Waals surface area contributed by atoms with Crippen molar-refractivity contribution in [3.05, 3.63) is 68.2 Å². The normalized spacial score (nSPS) is 11.7. The van der Waals surface area contributed by atoms with Crippen molar-refractivity contribution in [1.82, 2.24) is 9.97 Å². The van der Waals surface area contributed by atoms with Gasteiger partial charge < -0.3 is 5.11 Å². The Hall–Kier alpha value is -2.20. The molecule has 1 aromatic carbocycles. The number of allylic oxidation sites excluding steroid dienone is 1. The van der Waals surface area contributed by atoms with E-state index >= 15 is 0 Å². The molecule has 118 valence electrons. The van der Waals surface area contributed by atoms with Crippen molar-refractivity contribution in [2.75, 3.05) is 0 Å². The smallest absolute Gasteiger partial charge is 0.145 e. The highest BCUT2D eigenvalue weighted by atomic mass is 79.9. The van der Waals surface area contributed by atoms with E-state index in [2.05, 4.69) is 25.9 Å². The molecule has 0 spiro atoms. The number of hydrogen-bond acceptors (Lipinski definition) is 5. The molecule has 7 heteroatoms. The summed E-state index contributed by atoms with van der Waals surface area (Å²) in [5, 5.41) is 22.4. The molecule has 0 unspecified atom stereocenters. The van der Waals surface area contributed by atoms with Crippen LogP contribution in [0.1, 0.15) is 10.6 Å². The van der Waals surface area contributed by atoms with E-state index in [1.54, 1.807) is 12.1 Å². The molecule has 0 aliphatic rings. The third kappa shape index (κ3) is 3.49. The summed E-state index contributed by atoms with van der Waals surface area (Å²) < 4.78 is 0.979. The first-order chi connectivity index (χ1) is 11.6. The number of thiazole rings is 1. The van der Waals surface area contributed by atoms with Gasteiger partial charge in [0.15, 0.2) is 0 Å². The van der Waals surface area contributed by atoms with E-state index in [9.17, 15) is 10.4 Å². The van der Waals surface area contributed by atoms with Crippen LogP contribution in [0.3, 0.4) is 0 Å². The number of halogens is 2. The van der Waals surface area contributed by atoms with Crippen molar-refractivity contribution in [2.24, 2.45) is 0 Å². The average molecular weight is 419 g/mol. The van der Waals surface area contributed by atoms with Crippen LogP contribution in [0.5, 0.6) is 0 Å². The average Bonchev–Trinajstić information content (AvgIpc) is 3.06. The van der Waals surface area contributed by atoms with Crippen LogP contribution in [-0.4, -0.2) is 15.1 Å². The van der Waals surface area contributed by atoms with Crippen molar-refractivity contribution >= 4 is 50.2 Å². The van der Waals surface area contributed by atoms with Crippen LogP contribution in [0, 0.1) is 11.3 Å². The summed E-state index contributed by atoms with van der Waals surface area (Å²) in [4.78, 5) is 8.37. The van der Waals surface area contributed by atoms with Gasteiger partial charge in [-0.05, 0) is 24.3 Å². The quantitative estimate of drug-likeness (QED) is 0.343. The van der Waals surface area contributed by atoms with E-state index in [1.807, 2.05) is 35.7 Å². The van der Waals surface area contributed by atoms with Gasteiger partial charge in [-0.3, -0.25) is 0 Å². The fourth-order valence-corrected chi connectivity index (χ4v) is 3.20. The molecular formula is C17H9BrClN3OS. The predicted octanol–water partition coefficient (Wildman–Crippen LogP) is 5.57. The predicted molar refractivity (Wildman–Crippen MR) is 99.6 cm³/mol. The molecule has 1 N–H and O–H groups in total. The molecule has 0 atom stereocenters. The molecule has 0 aliphatic carbocycles. The number of rotatable bonds is 3. The first kappa shape index (κ1) is 16.7. The van der Waals surface area contributed by atoms with Crippen molar-refractivity contribution in [3.63, 3.8) is 0 Å². The van der Waals surface area contributed by atoms with Crippen LogP contribution in [0.25, 0.3) is 22.6 Å². The molecule has 0 aliphatic heterocycles. The minimum atomic E-state index is -0.168. The Labute approximate surface area is 155 Å². The second kappa shape index (κ2) is 7.14. The number of hydrogen-bond donors (Lipinski definition) is 1. The van der Waals surface area contributed by atoms with Crippen molar-refractivity contribution < 1.29 is 5.11 Å². The molecule has 4 nitrogen and oxygen atoms in total. The standard InChI is InChI=1S/C17H9BrClN3OS/c18-12-4-1-10(2-5-12)14-9-24-17(22-14)13(7-20)16(23)11-3-6-15(19)21-8-11/h1-6,8-9,23H. The Morgan fingerprint density at radius 3 is 2.58 bits per heavy atom. The highest BCUT2D eigenvalue weighted by Crippen LogP contribution is 2.30. The fraction of sp³-hybridized carbons (Fsp3) is 0. The van der Waals surface area contributed by atoms with Crippen LogP contribution in [-0.2, 0) is 0 Å². The van der Waals surface area contributed by atoms with Gasteiger partial charge in [-0.15, -0.1) is 11.3 Å². The molecule has 0 saturated heterocycles. The number of benzene rings is 1.